The van der Waals surface area contributed by atoms with Crippen molar-refractivity contribution in [2.75, 3.05) is 18.1 Å². The van der Waals surface area contributed by atoms with Gasteiger partial charge in [-0.25, -0.2) is 0 Å². The lowest BCUT2D eigenvalue weighted by Gasteiger charge is -2.28. The monoisotopic (exact) mass is 217 g/mol. The Bertz CT molecular complexity index is 155. The molecular weight excluding hydrogens is 194 g/mol. The molecule has 2 N–H and O–H groups in total. The van der Waals surface area contributed by atoms with Crippen LogP contribution in [0.25, 0.3) is 0 Å². The lowest BCUT2D eigenvalue weighted by molar-refractivity contribution is 0.0468. The van der Waals surface area contributed by atoms with Gasteiger partial charge in [0.25, 0.3) is 0 Å². The molecule has 1 aliphatic heterocycles. The van der Waals surface area contributed by atoms with Gasteiger partial charge in [-0.3, -0.25) is 0 Å². The molecule has 1 heterocycles. The summed E-state index contributed by atoms with van der Waals surface area (Å²) in [5.41, 5.74) is -0.515. The van der Waals surface area contributed by atoms with Crippen molar-refractivity contribution in [3.05, 3.63) is 0 Å². The maximum absolute atomic E-state index is 9.98. The van der Waals surface area contributed by atoms with Gasteiger partial charge >= 0.3 is 0 Å². The SMILES string of the molecule is CCCC(C)(O)CNC1CCSCC1. The first kappa shape index (κ1) is 12.3. The highest BCUT2D eigenvalue weighted by atomic mass is 32.2. The van der Waals surface area contributed by atoms with Gasteiger partial charge < -0.3 is 10.4 Å². The summed E-state index contributed by atoms with van der Waals surface area (Å²) in [6, 6.07) is 0.639. The number of hydrogen-bond donors (Lipinski definition) is 2. The first-order valence-corrected chi connectivity index (χ1v) is 6.83. The van der Waals surface area contributed by atoms with Crippen LogP contribution in [-0.2, 0) is 0 Å². The van der Waals surface area contributed by atoms with Crippen LogP contribution in [0.1, 0.15) is 39.5 Å². The van der Waals surface area contributed by atoms with Crippen molar-refractivity contribution in [2.24, 2.45) is 0 Å². The van der Waals surface area contributed by atoms with E-state index in [1.54, 1.807) is 0 Å². The molecule has 0 aromatic rings. The summed E-state index contributed by atoms with van der Waals surface area (Å²) >= 11 is 2.04. The van der Waals surface area contributed by atoms with E-state index in [9.17, 15) is 5.11 Å². The third kappa shape index (κ3) is 4.67. The second kappa shape index (κ2) is 5.99. The van der Waals surface area contributed by atoms with Crippen LogP contribution in [0.2, 0.25) is 0 Å². The molecule has 84 valence electrons. The third-order valence-corrected chi connectivity index (χ3v) is 3.83. The largest absolute Gasteiger partial charge is 0.389 e. The molecule has 0 saturated carbocycles. The predicted octanol–water partition coefficient (Wildman–Crippen LogP) is 2.02. The Kier molecular flexibility index (Phi) is 5.28. The minimum absolute atomic E-state index is 0.515. The fourth-order valence-corrected chi connectivity index (χ4v) is 3.00. The van der Waals surface area contributed by atoms with Gasteiger partial charge in [0.1, 0.15) is 0 Å². The Morgan fingerprint density at radius 1 is 1.43 bits per heavy atom. The third-order valence-electron chi connectivity index (χ3n) is 2.78. The summed E-state index contributed by atoms with van der Waals surface area (Å²) in [5, 5.41) is 13.5. The average molecular weight is 217 g/mol. The molecule has 0 radical (unpaired) electrons. The molecule has 0 aromatic heterocycles. The Labute approximate surface area is 91.9 Å². The molecular formula is C11H23NOS. The van der Waals surface area contributed by atoms with Crippen LogP contribution in [-0.4, -0.2) is 34.8 Å². The van der Waals surface area contributed by atoms with Crippen molar-refractivity contribution >= 4 is 11.8 Å². The van der Waals surface area contributed by atoms with Crippen molar-refractivity contribution in [1.82, 2.24) is 5.32 Å². The van der Waals surface area contributed by atoms with Gasteiger partial charge in [-0.2, -0.15) is 11.8 Å². The highest BCUT2D eigenvalue weighted by molar-refractivity contribution is 7.99. The van der Waals surface area contributed by atoms with E-state index in [2.05, 4.69) is 12.2 Å². The molecule has 3 heteroatoms. The van der Waals surface area contributed by atoms with Gasteiger partial charge in [-0.15, -0.1) is 0 Å². The van der Waals surface area contributed by atoms with Crippen LogP contribution in [0.4, 0.5) is 0 Å². The van der Waals surface area contributed by atoms with E-state index >= 15 is 0 Å². The molecule has 0 spiro atoms. The zero-order valence-corrected chi connectivity index (χ0v) is 10.2. The minimum atomic E-state index is -0.515. The molecule has 1 aliphatic rings. The summed E-state index contributed by atoms with van der Waals surface area (Å²) in [6.45, 7) is 4.79. The van der Waals surface area contributed by atoms with E-state index in [4.69, 9.17) is 0 Å². The molecule has 0 bridgehead atoms. The molecule has 1 unspecified atom stereocenters. The van der Waals surface area contributed by atoms with Crippen LogP contribution >= 0.6 is 11.8 Å². The van der Waals surface area contributed by atoms with Crippen LogP contribution < -0.4 is 5.32 Å². The molecule has 0 aromatic carbocycles. The summed E-state index contributed by atoms with van der Waals surface area (Å²) in [6.07, 6.45) is 4.45. The van der Waals surface area contributed by atoms with Gasteiger partial charge in [0.15, 0.2) is 0 Å². The van der Waals surface area contributed by atoms with Crippen molar-refractivity contribution in [1.29, 1.82) is 0 Å². The van der Waals surface area contributed by atoms with E-state index < -0.39 is 5.60 Å². The summed E-state index contributed by atoms with van der Waals surface area (Å²) in [7, 11) is 0. The van der Waals surface area contributed by atoms with Crippen molar-refractivity contribution in [3.63, 3.8) is 0 Å². The molecule has 1 rings (SSSR count). The standard InChI is InChI=1S/C11H23NOS/c1-3-6-11(2,13)9-12-10-4-7-14-8-5-10/h10,12-13H,3-9H2,1-2H3. The summed E-state index contributed by atoms with van der Waals surface area (Å²) < 4.78 is 0. The summed E-state index contributed by atoms with van der Waals surface area (Å²) in [4.78, 5) is 0. The number of nitrogens with one attached hydrogen (secondary N) is 1. The topological polar surface area (TPSA) is 32.3 Å². The second-order valence-corrected chi connectivity index (χ2v) is 5.74. The molecule has 2 nitrogen and oxygen atoms in total. The lowest BCUT2D eigenvalue weighted by Crippen LogP contribution is -2.43. The Hall–Kier alpha value is 0.270. The maximum Gasteiger partial charge on any atom is 0.0743 e. The molecule has 1 saturated heterocycles. The normalized spacial score (nSPS) is 23.4. The van der Waals surface area contributed by atoms with E-state index in [0.717, 1.165) is 19.4 Å². The van der Waals surface area contributed by atoms with Crippen LogP contribution in [0.5, 0.6) is 0 Å². The van der Waals surface area contributed by atoms with Crippen molar-refractivity contribution < 1.29 is 5.11 Å². The highest BCUT2D eigenvalue weighted by Crippen LogP contribution is 2.18. The molecule has 0 amide bonds. The summed E-state index contributed by atoms with van der Waals surface area (Å²) in [5.74, 6) is 2.54. The van der Waals surface area contributed by atoms with E-state index in [-0.39, 0.29) is 0 Å². The first-order chi connectivity index (χ1) is 6.64. The first-order valence-electron chi connectivity index (χ1n) is 5.67. The number of aliphatic hydroxyl groups is 1. The Morgan fingerprint density at radius 3 is 2.64 bits per heavy atom. The van der Waals surface area contributed by atoms with Gasteiger partial charge in [0.2, 0.25) is 0 Å². The fourth-order valence-electron chi connectivity index (χ4n) is 1.89. The highest BCUT2D eigenvalue weighted by Gasteiger charge is 2.21. The van der Waals surface area contributed by atoms with Gasteiger partial charge in [0, 0.05) is 12.6 Å². The molecule has 0 aliphatic carbocycles. The zero-order valence-electron chi connectivity index (χ0n) is 9.38. The Balaban J connectivity index is 2.17. The quantitative estimate of drug-likeness (QED) is 0.739. The predicted molar refractivity (Wildman–Crippen MR) is 63.9 cm³/mol. The van der Waals surface area contributed by atoms with E-state index in [1.165, 1.54) is 24.3 Å². The number of rotatable bonds is 5. The van der Waals surface area contributed by atoms with E-state index in [1.807, 2.05) is 18.7 Å². The fraction of sp³-hybridized carbons (Fsp3) is 1.00. The van der Waals surface area contributed by atoms with Gasteiger partial charge in [0.05, 0.1) is 5.60 Å². The van der Waals surface area contributed by atoms with Crippen LogP contribution in [0.3, 0.4) is 0 Å². The van der Waals surface area contributed by atoms with E-state index in [0.29, 0.717) is 6.04 Å². The number of thioether (sulfide) groups is 1. The minimum Gasteiger partial charge on any atom is -0.389 e. The average Bonchev–Trinajstić information content (AvgIpc) is 2.17. The molecule has 1 fully saturated rings. The number of hydrogen-bond acceptors (Lipinski definition) is 3. The molecule has 14 heavy (non-hydrogen) atoms. The molecule has 1 atom stereocenters. The van der Waals surface area contributed by atoms with Gasteiger partial charge in [-0.1, -0.05) is 13.3 Å². The van der Waals surface area contributed by atoms with Crippen LogP contribution in [0.15, 0.2) is 0 Å². The van der Waals surface area contributed by atoms with Crippen molar-refractivity contribution in [2.45, 2.75) is 51.2 Å². The lowest BCUT2D eigenvalue weighted by atomic mass is 10.00. The maximum atomic E-state index is 9.98. The van der Waals surface area contributed by atoms with Gasteiger partial charge in [-0.05, 0) is 37.7 Å². The Morgan fingerprint density at radius 2 is 2.07 bits per heavy atom. The van der Waals surface area contributed by atoms with Crippen LogP contribution in [0, 0.1) is 0 Å². The van der Waals surface area contributed by atoms with Crippen molar-refractivity contribution in [3.8, 4) is 0 Å². The second-order valence-electron chi connectivity index (χ2n) is 4.51. The smallest absolute Gasteiger partial charge is 0.0743 e. The zero-order chi connectivity index (χ0) is 10.4.